The predicted octanol–water partition coefficient (Wildman–Crippen LogP) is 13.5. The standard InChI is InChI=1S/C54H55B3N4O4/c1-52(2,3)38-31-32-58-50(33-38)61-46-26-14-13-23-43(46)44-30-29-41(35-49(44)61)62-40-22-17-21-39(34-40)59-36-60(48-28-16-15-27-47(48)59)51-42(37-19-11-10-12-20-37)24-18-25-45(51)55-63-56(53(4,5)6)65-57(64-55)54(7,8)9/h10-35H,36H2,1-9H3. The van der Waals surface area contributed by atoms with Gasteiger partial charge in [-0.1, -0.05) is 147 Å². The van der Waals surface area contributed by atoms with Crippen LogP contribution in [0, 0.1) is 0 Å². The number of benzene rings is 6. The molecule has 0 atom stereocenters. The highest BCUT2D eigenvalue weighted by Gasteiger charge is 2.52. The van der Waals surface area contributed by atoms with Gasteiger partial charge in [-0.25, -0.2) is 4.98 Å². The van der Waals surface area contributed by atoms with Gasteiger partial charge < -0.3 is 28.3 Å². The number of para-hydroxylation sites is 4. The van der Waals surface area contributed by atoms with Crippen LogP contribution in [0.5, 0.6) is 11.5 Å². The average molecular weight is 856 g/mol. The number of rotatable bonds is 7. The molecular weight excluding hydrogens is 801 g/mol. The Hall–Kier alpha value is -6.26. The molecule has 8 aromatic rings. The molecule has 4 heterocycles. The summed E-state index contributed by atoms with van der Waals surface area (Å²) in [7, 11) is -1.64. The van der Waals surface area contributed by atoms with Gasteiger partial charge in [0.1, 0.15) is 24.0 Å². The molecule has 0 amide bonds. The van der Waals surface area contributed by atoms with Gasteiger partial charge in [0.15, 0.2) is 0 Å². The van der Waals surface area contributed by atoms with Crippen LogP contribution in [-0.4, -0.2) is 37.6 Å². The zero-order valence-electron chi connectivity index (χ0n) is 38.9. The molecule has 0 spiro atoms. The number of hydrogen-bond donors (Lipinski definition) is 0. The first-order valence-electron chi connectivity index (χ1n) is 22.7. The molecule has 6 aromatic carbocycles. The van der Waals surface area contributed by atoms with Crippen molar-refractivity contribution in [2.24, 2.45) is 0 Å². The third-order valence-corrected chi connectivity index (χ3v) is 12.4. The summed E-state index contributed by atoms with van der Waals surface area (Å²) in [5, 5.41) is 1.75. The quantitative estimate of drug-likeness (QED) is 0.148. The predicted molar refractivity (Wildman–Crippen MR) is 271 cm³/mol. The fourth-order valence-electron chi connectivity index (χ4n) is 9.04. The molecule has 324 valence electrons. The third-order valence-electron chi connectivity index (χ3n) is 12.4. The normalized spacial score (nSPS) is 14.8. The van der Waals surface area contributed by atoms with Gasteiger partial charge >= 0.3 is 21.4 Å². The van der Waals surface area contributed by atoms with Crippen LogP contribution in [0.3, 0.4) is 0 Å². The fraction of sp³-hybridized carbons (Fsp3) is 0.241. The summed E-state index contributed by atoms with van der Waals surface area (Å²) < 4.78 is 29.2. The van der Waals surface area contributed by atoms with Crippen LogP contribution in [0.25, 0.3) is 38.8 Å². The van der Waals surface area contributed by atoms with Gasteiger partial charge in [-0.2, -0.15) is 0 Å². The van der Waals surface area contributed by atoms with Crippen molar-refractivity contribution in [2.45, 2.75) is 78.4 Å². The Labute approximate surface area is 384 Å². The van der Waals surface area contributed by atoms with Crippen LogP contribution >= 0.6 is 0 Å². The van der Waals surface area contributed by atoms with Crippen molar-refractivity contribution in [1.82, 2.24) is 9.55 Å². The highest BCUT2D eigenvalue weighted by atomic mass is 16.7. The van der Waals surface area contributed by atoms with Crippen molar-refractivity contribution in [3.63, 3.8) is 0 Å². The Kier molecular flexibility index (Phi) is 10.7. The molecular formula is C54H55B3N4O4. The van der Waals surface area contributed by atoms with E-state index in [0.717, 1.165) is 73.1 Å². The fourth-order valence-corrected chi connectivity index (χ4v) is 9.04. The molecule has 2 aliphatic rings. The number of anilines is 4. The molecule has 1 saturated heterocycles. The van der Waals surface area contributed by atoms with Crippen LogP contribution < -0.4 is 20.0 Å². The van der Waals surface area contributed by atoms with Crippen molar-refractivity contribution in [1.29, 1.82) is 0 Å². The zero-order valence-corrected chi connectivity index (χ0v) is 38.9. The summed E-state index contributed by atoms with van der Waals surface area (Å²) in [5.74, 6) is 2.37. The Bertz CT molecular complexity index is 3020. The molecule has 2 aromatic heterocycles. The van der Waals surface area contributed by atoms with E-state index in [9.17, 15) is 0 Å². The number of ether oxygens (including phenoxy) is 1. The Morgan fingerprint density at radius 3 is 1.92 bits per heavy atom. The zero-order chi connectivity index (χ0) is 45.3. The molecule has 2 aliphatic heterocycles. The molecule has 0 N–H and O–H groups in total. The lowest BCUT2D eigenvalue weighted by Gasteiger charge is -2.41. The van der Waals surface area contributed by atoms with E-state index in [0.29, 0.717) is 6.67 Å². The van der Waals surface area contributed by atoms with Gasteiger partial charge in [-0.15, -0.1) is 0 Å². The van der Waals surface area contributed by atoms with E-state index in [1.807, 2.05) is 12.3 Å². The molecule has 0 radical (unpaired) electrons. The number of hydrogen-bond acceptors (Lipinski definition) is 7. The number of nitrogens with zero attached hydrogens (tertiary/aromatic N) is 4. The first-order valence-corrected chi connectivity index (χ1v) is 22.7. The maximum atomic E-state index is 6.81. The molecule has 0 unspecified atom stereocenters. The van der Waals surface area contributed by atoms with Crippen molar-refractivity contribution < 1.29 is 18.5 Å². The van der Waals surface area contributed by atoms with E-state index in [2.05, 4.69) is 222 Å². The van der Waals surface area contributed by atoms with Crippen LogP contribution in [-0.2, 0) is 19.1 Å². The third kappa shape index (κ3) is 8.11. The van der Waals surface area contributed by atoms with E-state index in [1.54, 1.807) is 0 Å². The lowest BCUT2D eigenvalue weighted by molar-refractivity contribution is 0.250. The van der Waals surface area contributed by atoms with Crippen LogP contribution in [0.1, 0.15) is 67.9 Å². The number of aromatic nitrogens is 2. The highest BCUT2D eigenvalue weighted by molar-refractivity contribution is 6.81. The lowest BCUT2D eigenvalue weighted by atomic mass is 9.50. The molecule has 0 aliphatic carbocycles. The molecule has 0 saturated carbocycles. The van der Waals surface area contributed by atoms with E-state index in [4.69, 9.17) is 23.4 Å². The van der Waals surface area contributed by atoms with Crippen molar-refractivity contribution in [2.75, 3.05) is 16.5 Å². The van der Waals surface area contributed by atoms with Crippen LogP contribution in [0.2, 0.25) is 10.6 Å². The molecule has 10 rings (SSSR count). The minimum Gasteiger partial charge on any atom is -0.457 e. The second-order valence-corrected chi connectivity index (χ2v) is 20.5. The Balaban J connectivity index is 1.03. The minimum absolute atomic E-state index is 0.0185. The number of fused-ring (bicyclic) bond motifs is 4. The molecule has 0 bridgehead atoms. The van der Waals surface area contributed by atoms with Crippen molar-refractivity contribution in [3.8, 4) is 28.4 Å². The Morgan fingerprint density at radius 2 is 1.20 bits per heavy atom. The summed E-state index contributed by atoms with van der Waals surface area (Å²) in [4.78, 5) is 9.64. The second kappa shape index (κ2) is 16.3. The van der Waals surface area contributed by atoms with Crippen LogP contribution in [0.4, 0.5) is 22.7 Å². The maximum absolute atomic E-state index is 6.81. The maximum Gasteiger partial charge on any atom is 0.468 e. The number of pyridine rings is 1. The minimum atomic E-state index is -0.678. The van der Waals surface area contributed by atoms with Crippen molar-refractivity contribution >= 4 is 71.4 Å². The molecule has 11 heteroatoms. The largest absolute Gasteiger partial charge is 0.468 e. The molecule has 65 heavy (non-hydrogen) atoms. The smallest absolute Gasteiger partial charge is 0.457 e. The molecule has 8 nitrogen and oxygen atoms in total. The topological polar surface area (TPSA) is 61.2 Å². The van der Waals surface area contributed by atoms with Gasteiger partial charge in [-0.3, -0.25) is 4.57 Å². The van der Waals surface area contributed by atoms with E-state index < -0.39 is 21.4 Å². The van der Waals surface area contributed by atoms with Gasteiger partial charge in [0.05, 0.1) is 28.1 Å². The summed E-state index contributed by atoms with van der Waals surface area (Å²) in [6, 6.07) is 53.2. The van der Waals surface area contributed by atoms with Gasteiger partial charge in [0.25, 0.3) is 0 Å². The van der Waals surface area contributed by atoms with Gasteiger partial charge in [0.2, 0.25) is 0 Å². The SMILES string of the molecule is CC(C)(C)B1OB(c2cccc(-c3ccccc3)c2N2CN(c3cccc(Oc4ccc5c6ccccc6n(-c6cc(C(C)(C)C)ccn6)c5c4)c3)c3ccccc32)OB(C(C)(C)C)O1. The van der Waals surface area contributed by atoms with E-state index in [1.165, 1.54) is 10.9 Å². The van der Waals surface area contributed by atoms with E-state index >= 15 is 0 Å². The average Bonchev–Trinajstić information content (AvgIpc) is 3.84. The summed E-state index contributed by atoms with van der Waals surface area (Å²) in [5.41, 5.74) is 10.7. The Morgan fingerprint density at radius 1 is 0.554 bits per heavy atom. The summed E-state index contributed by atoms with van der Waals surface area (Å²) in [6.07, 6.45) is 1.91. The first-order chi connectivity index (χ1) is 31.1. The summed E-state index contributed by atoms with van der Waals surface area (Å²) in [6.45, 7) is 20.1. The second-order valence-electron chi connectivity index (χ2n) is 20.5. The van der Waals surface area contributed by atoms with E-state index in [-0.39, 0.29) is 16.0 Å². The van der Waals surface area contributed by atoms with Crippen molar-refractivity contribution in [3.05, 3.63) is 163 Å². The van der Waals surface area contributed by atoms with Gasteiger partial charge in [-0.05, 0) is 81.8 Å². The summed E-state index contributed by atoms with van der Waals surface area (Å²) >= 11 is 0. The monoisotopic (exact) mass is 856 g/mol. The van der Waals surface area contributed by atoms with Gasteiger partial charge in [0, 0.05) is 45.8 Å². The first kappa shape index (κ1) is 42.7. The van der Waals surface area contributed by atoms with Crippen LogP contribution in [0.15, 0.2) is 158 Å². The lowest BCUT2D eigenvalue weighted by Crippen LogP contribution is -2.59. The highest BCUT2D eigenvalue weighted by Crippen LogP contribution is 2.48. The molecule has 1 fully saturated rings.